The van der Waals surface area contributed by atoms with Crippen LogP contribution in [-0.2, 0) is 14.8 Å². The maximum absolute atomic E-state index is 13.2. The highest BCUT2D eigenvalue weighted by Crippen LogP contribution is 2.26. The Morgan fingerprint density at radius 3 is 2.43 bits per heavy atom. The normalized spacial score (nSPS) is 11.1. The number of carbonyl (C=O) groups excluding carboxylic acids is 1. The lowest BCUT2D eigenvalue weighted by Gasteiger charge is -2.14. The molecule has 2 aromatic carbocycles. The molecule has 0 spiro atoms. The van der Waals surface area contributed by atoms with Crippen LogP contribution in [0.3, 0.4) is 0 Å². The molecule has 0 radical (unpaired) electrons. The highest BCUT2D eigenvalue weighted by Gasteiger charge is 2.17. The van der Waals surface area contributed by atoms with Crippen molar-refractivity contribution in [1.29, 1.82) is 0 Å². The van der Waals surface area contributed by atoms with Crippen molar-refractivity contribution < 1.29 is 17.6 Å². The molecular weight excluding hydrogens is 319 g/mol. The molecule has 2 rings (SSSR count). The molecule has 0 aliphatic heterocycles. The fourth-order valence-electron chi connectivity index (χ4n) is 1.96. The second kappa shape index (κ2) is 6.78. The average molecular weight is 336 g/mol. The van der Waals surface area contributed by atoms with Gasteiger partial charge in [-0.3, -0.25) is 9.52 Å². The van der Waals surface area contributed by atoms with Gasteiger partial charge in [-0.25, -0.2) is 12.8 Å². The number of hydrogen-bond acceptors (Lipinski definition) is 3. The summed E-state index contributed by atoms with van der Waals surface area (Å²) in [5.74, 6) is -0.799. The number of anilines is 2. The van der Waals surface area contributed by atoms with Gasteiger partial charge >= 0.3 is 0 Å². The molecule has 7 heteroatoms. The molecule has 2 aromatic rings. The molecule has 2 N–H and O–H groups in total. The van der Waals surface area contributed by atoms with Crippen molar-refractivity contribution >= 4 is 27.3 Å². The van der Waals surface area contributed by atoms with E-state index in [4.69, 9.17) is 0 Å². The quantitative estimate of drug-likeness (QED) is 0.880. The van der Waals surface area contributed by atoms with Crippen LogP contribution in [-0.4, -0.2) is 14.3 Å². The molecule has 1 amide bonds. The molecule has 0 atom stereocenters. The Kier molecular flexibility index (Phi) is 5.00. The zero-order valence-electron chi connectivity index (χ0n) is 12.8. The Morgan fingerprint density at radius 1 is 1.13 bits per heavy atom. The Morgan fingerprint density at radius 2 is 1.78 bits per heavy atom. The summed E-state index contributed by atoms with van der Waals surface area (Å²) in [6.45, 7) is 3.41. The number of carbonyl (C=O) groups is 1. The zero-order valence-corrected chi connectivity index (χ0v) is 13.6. The van der Waals surface area contributed by atoms with Crippen LogP contribution in [0.5, 0.6) is 0 Å². The van der Waals surface area contributed by atoms with Gasteiger partial charge in [-0.15, -0.1) is 0 Å². The predicted molar refractivity (Wildman–Crippen MR) is 87.3 cm³/mol. The third-order valence-electron chi connectivity index (χ3n) is 3.28. The van der Waals surface area contributed by atoms with E-state index in [-0.39, 0.29) is 10.8 Å². The van der Waals surface area contributed by atoms with Gasteiger partial charge in [0.25, 0.3) is 10.0 Å². The van der Waals surface area contributed by atoms with Gasteiger partial charge in [-0.1, -0.05) is 19.1 Å². The van der Waals surface area contributed by atoms with Gasteiger partial charge in [0.15, 0.2) is 0 Å². The van der Waals surface area contributed by atoms with Crippen molar-refractivity contribution in [2.45, 2.75) is 25.2 Å². The van der Waals surface area contributed by atoms with Crippen molar-refractivity contribution in [3.05, 3.63) is 53.8 Å². The van der Waals surface area contributed by atoms with Crippen molar-refractivity contribution in [2.75, 3.05) is 10.0 Å². The SMILES string of the molecule is CCC(=O)Nc1cccc(NS(=O)(=O)c2cccc(F)c2)c1C. The lowest BCUT2D eigenvalue weighted by molar-refractivity contribution is -0.115. The van der Waals surface area contributed by atoms with E-state index in [0.717, 1.165) is 6.07 Å². The number of benzene rings is 2. The molecule has 0 saturated carbocycles. The van der Waals surface area contributed by atoms with Crippen molar-refractivity contribution in [3.8, 4) is 0 Å². The van der Waals surface area contributed by atoms with Crippen LogP contribution >= 0.6 is 0 Å². The highest BCUT2D eigenvalue weighted by molar-refractivity contribution is 7.92. The third kappa shape index (κ3) is 4.07. The molecule has 0 bridgehead atoms. The Bertz CT molecular complexity index is 835. The summed E-state index contributed by atoms with van der Waals surface area (Å²) in [5, 5.41) is 2.70. The van der Waals surface area contributed by atoms with Gasteiger partial charge in [0, 0.05) is 12.1 Å². The average Bonchev–Trinajstić information content (AvgIpc) is 2.51. The highest BCUT2D eigenvalue weighted by atomic mass is 32.2. The number of hydrogen-bond donors (Lipinski definition) is 2. The fourth-order valence-corrected chi connectivity index (χ4v) is 3.11. The second-order valence-electron chi connectivity index (χ2n) is 4.94. The summed E-state index contributed by atoms with van der Waals surface area (Å²) in [6, 6.07) is 9.64. The summed E-state index contributed by atoms with van der Waals surface area (Å²) < 4.78 is 40.3. The maximum atomic E-state index is 13.2. The summed E-state index contributed by atoms with van der Waals surface area (Å²) in [6.07, 6.45) is 0.318. The Hall–Kier alpha value is -2.41. The molecule has 0 fully saturated rings. The van der Waals surface area contributed by atoms with Gasteiger partial charge in [0.2, 0.25) is 5.91 Å². The first-order valence-electron chi connectivity index (χ1n) is 7.01. The summed E-state index contributed by atoms with van der Waals surface area (Å²) in [4.78, 5) is 11.3. The van der Waals surface area contributed by atoms with Gasteiger partial charge in [0.1, 0.15) is 5.82 Å². The van der Waals surface area contributed by atoms with Crippen molar-refractivity contribution in [3.63, 3.8) is 0 Å². The minimum absolute atomic E-state index is 0.167. The first-order valence-corrected chi connectivity index (χ1v) is 8.49. The maximum Gasteiger partial charge on any atom is 0.262 e. The van der Waals surface area contributed by atoms with Gasteiger partial charge in [-0.05, 0) is 42.8 Å². The van der Waals surface area contributed by atoms with E-state index in [9.17, 15) is 17.6 Å². The summed E-state index contributed by atoms with van der Waals surface area (Å²) in [7, 11) is -3.91. The van der Waals surface area contributed by atoms with Gasteiger partial charge < -0.3 is 5.32 Å². The number of sulfonamides is 1. The van der Waals surface area contributed by atoms with E-state index in [0.29, 0.717) is 23.4 Å². The minimum Gasteiger partial charge on any atom is -0.326 e. The summed E-state index contributed by atoms with van der Waals surface area (Å²) >= 11 is 0. The van der Waals surface area contributed by atoms with Crippen LogP contribution in [0.1, 0.15) is 18.9 Å². The van der Waals surface area contributed by atoms with E-state index < -0.39 is 15.8 Å². The third-order valence-corrected chi connectivity index (χ3v) is 4.64. The van der Waals surface area contributed by atoms with E-state index in [1.807, 2.05) is 0 Å². The molecule has 0 aromatic heterocycles. The van der Waals surface area contributed by atoms with Crippen LogP contribution in [0.4, 0.5) is 15.8 Å². The summed E-state index contributed by atoms with van der Waals surface area (Å²) in [5.41, 5.74) is 1.42. The molecule has 0 aliphatic carbocycles. The largest absolute Gasteiger partial charge is 0.326 e. The lowest BCUT2D eigenvalue weighted by atomic mass is 10.1. The Balaban J connectivity index is 2.33. The minimum atomic E-state index is -3.91. The zero-order chi connectivity index (χ0) is 17.0. The van der Waals surface area contributed by atoms with Crippen molar-refractivity contribution in [1.82, 2.24) is 0 Å². The molecule has 0 unspecified atom stereocenters. The van der Waals surface area contributed by atoms with Crippen LogP contribution in [0.2, 0.25) is 0 Å². The standard InChI is InChI=1S/C16H17FN2O3S/c1-3-16(20)18-14-8-5-9-15(11(14)2)19-23(21,22)13-7-4-6-12(17)10-13/h4-10,19H,3H2,1-2H3,(H,18,20). The lowest BCUT2D eigenvalue weighted by Crippen LogP contribution is -2.15. The molecule has 0 saturated heterocycles. The number of halogens is 1. The topological polar surface area (TPSA) is 75.3 Å². The van der Waals surface area contributed by atoms with Crippen LogP contribution in [0.25, 0.3) is 0 Å². The van der Waals surface area contributed by atoms with Crippen LogP contribution in [0, 0.1) is 12.7 Å². The molecule has 23 heavy (non-hydrogen) atoms. The number of amides is 1. The van der Waals surface area contributed by atoms with Crippen LogP contribution < -0.4 is 10.0 Å². The van der Waals surface area contributed by atoms with Gasteiger partial charge in [-0.2, -0.15) is 0 Å². The molecular formula is C16H17FN2O3S. The van der Waals surface area contributed by atoms with E-state index in [1.54, 1.807) is 32.0 Å². The van der Waals surface area contributed by atoms with Crippen LogP contribution in [0.15, 0.2) is 47.4 Å². The molecule has 0 aliphatic rings. The number of rotatable bonds is 5. The predicted octanol–water partition coefficient (Wildman–Crippen LogP) is 3.28. The van der Waals surface area contributed by atoms with Crippen molar-refractivity contribution in [2.24, 2.45) is 0 Å². The fraction of sp³-hybridized carbons (Fsp3) is 0.188. The molecule has 0 heterocycles. The number of nitrogens with one attached hydrogen (secondary N) is 2. The molecule has 122 valence electrons. The second-order valence-corrected chi connectivity index (χ2v) is 6.63. The smallest absolute Gasteiger partial charge is 0.262 e. The van der Waals surface area contributed by atoms with E-state index in [2.05, 4.69) is 10.0 Å². The van der Waals surface area contributed by atoms with E-state index >= 15 is 0 Å². The molecule has 5 nitrogen and oxygen atoms in total. The van der Waals surface area contributed by atoms with E-state index in [1.165, 1.54) is 18.2 Å². The first-order chi connectivity index (χ1) is 10.8. The monoisotopic (exact) mass is 336 g/mol. The van der Waals surface area contributed by atoms with Gasteiger partial charge in [0.05, 0.1) is 10.6 Å². The first kappa shape index (κ1) is 17.0. The Labute approximate surface area is 134 Å².